The third kappa shape index (κ3) is 6.20. The van der Waals surface area contributed by atoms with Gasteiger partial charge in [0.2, 0.25) is 0 Å². The standard InChI is InChI=1S/C34H42FN7OS/c1-20-15-22(6-4-5-21(2)36)16-28(30(20)35)29-17-23-19-42(33(43)40-31(23)39-29)27-11-8-24(9-12-27)34-18-25(34)7-10-26(41-34)13-14-38-32(37)44-3/h8-9,11-12,15-17,19,21,25-26,41H,4-7,10,13-14,18,36H2,1-3H3,(H2,37,38)(H,39,40,43)/t21-,25?,26-,34?/m0/s1. The van der Waals surface area contributed by atoms with Crippen molar-refractivity contribution in [3.8, 4) is 16.9 Å². The summed E-state index contributed by atoms with van der Waals surface area (Å²) < 4.78 is 16.8. The molecule has 2 fully saturated rings. The predicted molar refractivity (Wildman–Crippen MR) is 179 cm³/mol. The van der Waals surface area contributed by atoms with E-state index in [1.807, 2.05) is 43.5 Å². The number of nitrogens with two attached hydrogens (primary N) is 2. The number of rotatable bonds is 10. The molecule has 8 nitrogen and oxygen atoms in total. The fourth-order valence-corrected chi connectivity index (χ4v) is 7.02. The summed E-state index contributed by atoms with van der Waals surface area (Å²) in [5.74, 6) is 0.363. The number of aryl methyl sites for hydroxylation is 2. The number of aromatic amines is 1. The molecule has 2 unspecified atom stereocenters. The van der Waals surface area contributed by atoms with Gasteiger partial charge in [0.1, 0.15) is 11.5 Å². The highest BCUT2D eigenvalue weighted by Crippen LogP contribution is 2.57. The predicted octanol–water partition coefficient (Wildman–Crippen LogP) is 5.53. The molecule has 1 saturated heterocycles. The van der Waals surface area contributed by atoms with Crippen LogP contribution in [0.4, 0.5) is 4.39 Å². The number of piperidine rings is 1. The van der Waals surface area contributed by atoms with E-state index in [2.05, 4.69) is 32.4 Å². The first-order chi connectivity index (χ1) is 21.2. The second-order valence-electron chi connectivity index (χ2n) is 12.6. The van der Waals surface area contributed by atoms with Gasteiger partial charge in [-0.05, 0) is 112 Å². The van der Waals surface area contributed by atoms with Crippen LogP contribution in [-0.4, -0.2) is 44.6 Å². The lowest BCUT2D eigenvalue weighted by Crippen LogP contribution is -2.43. The summed E-state index contributed by atoms with van der Waals surface area (Å²) in [5, 5.41) is 5.29. The Kier molecular flexibility index (Phi) is 8.68. The molecule has 10 heteroatoms. The number of amidine groups is 1. The van der Waals surface area contributed by atoms with Crippen LogP contribution >= 0.6 is 11.8 Å². The number of nitrogens with zero attached hydrogens (tertiary/aromatic N) is 3. The molecule has 0 amide bonds. The zero-order chi connectivity index (χ0) is 31.0. The van der Waals surface area contributed by atoms with Gasteiger partial charge in [0.15, 0.2) is 5.17 Å². The highest BCUT2D eigenvalue weighted by molar-refractivity contribution is 8.13. The van der Waals surface area contributed by atoms with Gasteiger partial charge in [-0.1, -0.05) is 30.0 Å². The molecule has 0 spiro atoms. The lowest BCUT2D eigenvalue weighted by Gasteiger charge is -2.31. The normalized spacial score (nSPS) is 22.2. The smallest absolute Gasteiger partial charge is 0.354 e. The van der Waals surface area contributed by atoms with Gasteiger partial charge in [0, 0.05) is 41.3 Å². The molecule has 0 radical (unpaired) electrons. The maximum Gasteiger partial charge on any atom is 0.354 e. The van der Waals surface area contributed by atoms with Crippen LogP contribution in [0.3, 0.4) is 0 Å². The quantitative estimate of drug-likeness (QED) is 0.137. The number of hydrogen-bond acceptors (Lipinski definition) is 6. The summed E-state index contributed by atoms with van der Waals surface area (Å²) >= 11 is 1.48. The molecule has 1 saturated carbocycles. The molecule has 1 aliphatic carbocycles. The van der Waals surface area contributed by atoms with Crippen LogP contribution in [0.1, 0.15) is 62.1 Å². The van der Waals surface area contributed by atoms with Crippen LogP contribution in [0.5, 0.6) is 0 Å². The van der Waals surface area contributed by atoms with Crippen molar-refractivity contribution in [3.05, 3.63) is 81.7 Å². The second-order valence-corrected chi connectivity index (χ2v) is 13.4. The lowest BCUT2D eigenvalue weighted by atomic mass is 9.92. The molecular weight excluding hydrogens is 573 g/mol. The van der Waals surface area contributed by atoms with Crippen LogP contribution in [0.25, 0.3) is 28.0 Å². The number of aromatic nitrogens is 3. The number of thioether (sulfide) groups is 1. The molecule has 4 aromatic rings. The van der Waals surface area contributed by atoms with E-state index in [-0.39, 0.29) is 23.1 Å². The Morgan fingerprint density at radius 2 is 2.05 bits per heavy atom. The van der Waals surface area contributed by atoms with E-state index in [4.69, 9.17) is 11.5 Å². The van der Waals surface area contributed by atoms with Crippen LogP contribution < -0.4 is 22.5 Å². The summed E-state index contributed by atoms with van der Waals surface area (Å²) in [6.07, 6.45) is 10.9. The molecular formula is C34H42FN7OS. The molecule has 3 heterocycles. The van der Waals surface area contributed by atoms with Gasteiger partial charge in [-0.15, -0.1) is 0 Å². The molecule has 2 aromatic carbocycles. The molecule has 6 rings (SSSR count). The molecule has 2 aliphatic rings. The van der Waals surface area contributed by atoms with E-state index in [9.17, 15) is 4.79 Å². The number of hydrogen-bond donors (Lipinski definition) is 4. The van der Waals surface area contributed by atoms with E-state index in [0.717, 1.165) is 61.7 Å². The second kappa shape index (κ2) is 12.5. The zero-order valence-corrected chi connectivity index (χ0v) is 26.5. The first-order valence-electron chi connectivity index (χ1n) is 15.6. The summed E-state index contributed by atoms with van der Waals surface area (Å²) in [4.78, 5) is 25.1. The van der Waals surface area contributed by atoms with E-state index in [1.54, 1.807) is 17.7 Å². The fraction of sp³-hybridized carbons (Fsp3) is 0.441. The van der Waals surface area contributed by atoms with Gasteiger partial charge >= 0.3 is 5.69 Å². The van der Waals surface area contributed by atoms with Gasteiger partial charge in [-0.25, -0.2) is 9.18 Å². The summed E-state index contributed by atoms with van der Waals surface area (Å²) in [5.41, 5.74) is 16.6. The first kappa shape index (κ1) is 30.6. The van der Waals surface area contributed by atoms with Gasteiger partial charge < -0.3 is 21.8 Å². The molecule has 6 N–H and O–H groups in total. The Bertz CT molecular complexity index is 1750. The number of aliphatic imine (C=N–C) groups is 1. The number of nitrogens with one attached hydrogen (secondary N) is 2. The monoisotopic (exact) mass is 615 g/mol. The zero-order valence-electron chi connectivity index (χ0n) is 25.7. The Morgan fingerprint density at radius 3 is 2.80 bits per heavy atom. The number of benzene rings is 2. The van der Waals surface area contributed by atoms with Gasteiger partial charge in [0.25, 0.3) is 0 Å². The minimum Gasteiger partial charge on any atom is -0.379 e. The molecule has 232 valence electrons. The maximum atomic E-state index is 15.3. The molecule has 1 aliphatic heterocycles. The van der Waals surface area contributed by atoms with Crippen LogP contribution in [-0.2, 0) is 12.0 Å². The van der Waals surface area contributed by atoms with Crippen LogP contribution in [0.15, 0.2) is 58.4 Å². The van der Waals surface area contributed by atoms with Crippen molar-refractivity contribution in [2.45, 2.75) is 76.4 Å². The minimum absolute atomic E-state index is 0.00176. The van der Waals surface area contributed by atoms with Crippen molar-refractivity contribution in [3.63, 3.8) is 0 Å². The van der Waals surface area contributed by atoms with E-state index < -0.39 is 0 Å². The number of fused-ring (bicyclic) bond motifs is 2. The maximum absolute atomic E-state index is 15.3. The Hall–Kier alpha value is -3.47. The molecule has 44 heavy (non-hydrogen) atoms. The van der Waals surface area contributed by atoms with Gasteiger partial charge in [0.05, 0.1) is 11.4 Å². The molecule has 4 atom stereocenters. The van der Waals surface area contributed by atoms with E-state index >= 15 is 4.39 Å². The fourth-order valence-electron chi connectivity index (χ4n) is 6.80. The number of halogens is 1. The van der Waals surface area contributed by atoms with Gasteiger partial charge in [-0.3, -0.25) is 9.56 Å². The topological polar surface area (TPSA) is 127 Å². The third-order valence-electron chi connectivity index (χ3n) is 9.28. The van der Waals surface area contributed by atoms with Crippen molar-refractivity contribution in [2.24, 2.45) is 22.4 Å². The van der Waals surface area contributed by atoms with Crippen LogP contribution in [0.2, 0.25) is 0 Å². The van der Waals surface area contributed by atoms with Crippen molar-refractivity contribution in [1.29, 1.82) is 0 Å². The first-order valence-corrected chi connectivity index (χ1v) is 16.8. The highest BCUT2D eigenvalue weighted by atomic mass is 32.2. The Morgan fingerprint density at radius 1 is 1.25 bits per heavy atom. The van der Waals surface area contributed by atoms with E-state index in [1.165, 1.54) is 23.7 Å². The Labute approximate surface area is 261 Å². The minimum atomic E-state index is -0.386. The highest BCUT2D eigenvalue weighted by Gasteiger charge is 2.57. The average Bonchev–Trinajstić information content (AvgIpc) is 3.61. The van der Waals surface area contributed by atoms with Crippen LogP contribution in [0, 0.1) is 18.7 Å². The van der Waals surface area contributed by atoms with Crippen molar-refractivity contribution < 1.29 is 4.39 Å². The average molecular weight is 616 g/mol. The SMILES string of the molecule is CSC(N)=NCC[C@@H]1CCC2CC2(c2ccc(-n3cc4cc(-c5cc(CCC[C@H](C)N)cc(C)c5F)[nH]c4nc3=O)cc2)N1. The number of H-pyrrole nitrogens is 1. The summed E-state index contributed by atoms with van der Waals surface area (Å²) in [6, 6.07) is 14.4. The third-order valence-corrected chi connectivity index (χ3v) is 9.83. The van der Waals surface area contributed by atoms with Gasteiger partial charge in [-0.2, -0.15) is 4.98 Å². The summed E-state index contributed by atoms with van der Waals surface area (Å²) in [6.45, 7) is 4.51. The Balaban J connectivity index is 1.22. The molecule has 0 bridgehead atoms. The largest absolute Gasteiger partial charge is 0.379 e. The lowest BCUT2D eigenvalue weighted by molar-refractivity contribution is 0.302. The van der Waals surface area contributed by atoms with E-state index in [0.29, 0.717) is 39.6 Å². The van der Waals surface area contributed by atoms with Crippen molar-refractivity contribution in [1.82, 2.24) is 19.9 Å². The van der Waals surface area contributed by atoms with Crippen molar-refractivity contribution in [2.75, 3.05) is 12.8 Å². The molecule has 2 aromatic heterocycles. The summed E-state index contributed by atoms with van der Waals surface area (Å²) in [7, 11) is 0. The van der Waals surface area contributed by atoms with Crippen molar-refractivity contribution >= 4 is 28.0 Å².